The lowest BCUT2D eigenvalue weighted by atomic mass is 10.0. The molecule has 0 radical (unpaired) electrons. The van der Waals surface area contributed by atoms with Gasteiger partial charge in [-0.05, 0) is 89.3 Å². The van der Waals surface area contributed by atoms with Crippen molar-refractivity contribution in [3.63, 3.8) is 0 Å². The molecule has 0 spiro atoms. The first kappa shape index (κ1) is 23.8. The Morgan fingerprint density at radius 3 is 2.60 bits per heavy atom. The van der Waals surface area contributed by atoms with Crippen molar-refractivity contribution in [2.75, 3.05) is 7.11 Å². The van der Waals surface area contributed by atoms with Crippen LogP contribution in [0.2, 0.25) is 0 Å². The Morgan fingerprint density at radius 1 is 1.17 bits per heavy atom. The van der Waals surface area contributed by atoms with Crippen LogP contribution in [0, 0.1) is 5.92 Å². The molecule has 0 amide bonds. The Morgan fingerprint density at radius 2 is 1.90 bits per heavy atom. The van der Waals surface area contributed by atoms with Crippen molar-refractivity contribution in [3.8, 4) is 0 Å². The summed E-state index contributed by atoms with van der Waals surface area (Å²) in [4.78, 5) is 11.7. The summed E-state index contributed by atoms with van der Waals surface area (Å²) in [6, 6.07) is 2.04. The highest BCUT2D eigenvalue weighted by molar-refractivity contribution is 5.93. The first-order valence-corrected chi connectivity index (χ1v) is 10.9. The molecule has 0 N–H and O–H groups in total. The van der Waals surface area contributed by atoms with Crippen LogP contribution in [0.25, 0.3) is 0 Å². The number of hydrogen-bond acceptors (Lipinski definition) is 4. The van der Waals surface area contributed by atoms with Gasteiger partial charge in [-0.2, -0.15) is 0 Å². The molecule has 0 saturated heterocycles. The Kier molecular flexibility index (Phi) is 9.72. The topological polar surface area (TPSA) is 48.7 Å². The smallest absolute Gasteiger partial charge is 0.343 e. The van der Waals surface area contributed by atoms with Gasteiger partial charge in [-0.25, -0.2) is 4.79 Å². The minimum Gasteiger partial charge on any atom is -0.492 e. The van der Waals surface area contributed by atoms with E-state index < -0.39 is 0 Å². The standard InChI is InChI=1S/C26H36O4/c1-19(9-6-10-20(2)12-8-14-23-15-16-29-18-23)11-7-13-21(3)17-24-25(28-5)22(4)26(27)30-24/h10-11,15-18,21H,6-9,12-14H2,1-5H3/b19-11-,20-10-,24-17-/t21-/m1/s1. The van der Waals surface area contributed by atoms with E-state index >= 15 is 0 Å². The van der Waals surface area contributed by atoms with E-state index in [1.165, 1.54) is 23.1 Å². The molecule has 2 rings (SSSR count). The summed E-state index contributed by atoms with van der Waals surface area (Å²) < 4.78 is 15.7. The van der Waals surface area contributed by atoms with Crippen molar-refractivity contribution in [1.82, 2.24) is 0 Å². The molecule has 4 heteroatoms. The molecule has 2 heterocycles. The van der Waals surface area contributed by atoms with E-state index in [0.717, 1.165) is 38.5 Å². The van der Waals surface area contributed by atoms with Gasteiger partial charge in [-0.3, -0.25) is 0 Å². The molecule has 1 aliphatic rings. The van der Waals surface area contributed by atoms with Gasteiger partial charge in [0, 0.05) is 0 Å². The van der Waals surface area contributed by atoms with E-state index in [1.54, 1.807) is 20.3 Å². The third kappa shape index (κ3) is 7.74. The molecule has 0 aliphatic carbocycles. The fourth-order valence-electron chi connectivity index (χ4n) is 3.55. The molecule has 1 aliphatic heterocycles. The zero-order chi connectivity index (χ0) is 21.9. The molecule has 164 valence electrons. The summed E-state index contributed by atoms with van der Waals surface area (Å²) in [7, 11) is 1.57. The highest BCUT2D eigenvalue weighted by Gasteiger charge is 2.27. The van der Waals surface area contributed by atoms with Gasteiger partial charge in [0.2, 0.25) is 0 Å². The SMILES string of the molecule is COC1=C(C)C(=O)O/C1=C\[C@H](C)CC/C=C(/C)CC/C=C(/C)CCCc1ccoc1. The third-order valence-electron chi connectivity index (χ3n) is 5.48. The van der Waals surface area contributed by atoms with Crippen LogP contribution in [-0.4, -0.2) is 13.1 Å². The first-order chi connectivity index (χ1) is 14.4. The summed E-state index contributed by atoms with van der Waals surface area (Å²) in [5.41, 5.74) is 4.71. The van der Waals surface area contributed by atoms with E-state index in [1.807, 2.05) is 18.4 Å². The van der Waals surface area contributed by atoms with Crippen molar-refractivity contribution < 1.29 is 18.7 Å². The Labute approximate surface area is 181 Å². The summed E-state index contributed by atoms with van der Waals surface area (Å²) in [5.74, 6) is 1.11. The summed E-state index contributed by atoms with van der Waals surface area (Å²) >= 11 is 0. The Balaban J connectivity index is 1.67. The van der Waals surface area contributed by atoms with Gasteiger partial charge >= 0.3 is 5.97 Å². The van der Waals surface area contributed by atoms with Crippen LogP contribution >= 0.6 is 0 Å². The molecule has 0 bridgehead atoms. The lowest BCUT2D eigenvalue weighted by molar-refractivity contribution is -0.133. The van der Waals surface area contributed by atoms with Crippen LogP contribution in [0.4, 0.5) is 0 Å². The quantitative estimate of drug-likeness (QED) is 0.272. The molecule has 0 saturated carbocycles. The van der Waals surface area contributed by atoms with Gasteiger partial charge in [-0.1, -0.05) is 30.2 Å². The maximum absolute atomic E-state index is 11.7. The monoisotopic (exact) mass is 412 g/mol. The normalized spacial score (nSPS) is 17.6. The van der Waals surface area contributed by atoms with Crippen molar-refractivity contribution in [2.24, 2.45) is 5.92 Å². The molecule has 4 nitrogen and oxygen atoms in total. The Hall–Kier alpha value is -2.49. The van der Waals surface area contributed by atoms with Gasteiger partial charge in [0.15, 0.2) is 11.5 Å². The number of carbonyl (C=O) groups excluding carboxylic acids is 1. The van der Waals surface area contributed by atoms with Crippen molar-refractivity contribution in [2.45, 2.75) is 72.6 Å². The highest BCUT2D eigenvalue weighted by Crippen LogP contribution is 2.28. The molecule has 0 aromatic carbocycles. The molecule has 0 fully saturated rings. The minimum atomic E-state index is -0.314. The van der Waals surface area contributed by atoms with Crippen LogP contribution in [0.3, 0.4) is 0 Å². The van der Waals surface area contributed by atoms with Gasteiger partial charge in [0.1, 0.15) is 0 Å². The van der Waals surface area contributed by atoms with Crippen LogP contribution in [-0.2, 0) is 20.7 Å². The van der Waals surface area contributed by atoms with Crippen LogP contribution < -0.4 is 0 Å². The summed E-state index contributed by atoms with van der Waals surface area (Å²) in [6.07, 6.45) is 17.9. The van der Waals surface area contributed by atoms with Crippen molar-refractivity contribution in [1.29, 1.82) is 0 Å². The van der Waals surface area contributed by atoms with E-state index in [-0.39, 0.29) is 5.97 Å². The molecule has 1 aromatic rings. The molecule has 1 aromatic heterocycles. The Bertz CT molecular complexity index is 806. The number of ether oxygens (including phenoxy) is 2. The van der Waals surface area contributed by atoms with Crippen LogP contribution in [0.5, 0.6) is 0 Å². The lowest BCUT2D eigenvalue weighted by Crippen LogP contribution is -1.97. The summed E-state index contributed by atoms with van der Waals surface area (Å²) in [5, 5.41) is 0. The fraction of sp³-hybridized carbons (Fsp3) is 0.500. The van der Waals surface area contributed by atoms with E-state index in [9.17, 15) is 4.79 Å². The van der Waals surface area contributed by atoms with Gasteiger partial charge in [0.05, 0.1) is 25.2 Å². The van der Waals surface area contributed by atoms with Gasteiger partial charge < -0.3 is 13.9 Å². The second-order valence-corrected chi connectivity index (χ2v) is 8.26. The highest BCUT2D eigenvalue weighted by atomic mass is 16.6. The largest absolute Gasteiger partial charge is 0.492 e. The number of allylic oxidation sites excluding steroid dienone is 5. The molecule has 30 heavy (non-hydrogen) atoms. The summed E-state index contributed by atoms with van der Waals surface area (Å²) in [6.45, 7) is 8.30. The number of hydrogen-bond donors (Lipinski definition) is 0. The minimum absolute atomic E-state index is 0.310. The third-order valence-corrected chi connectivity index (χ3v) is 5.48. The average Bonchev–Trinajstić information content (AvgIpc) is 3.30. The van der Waals surface area contributed by atoms with Crippen molar-refractivity contribution in [3.05, 3.63) is 70.6 Å². The van der Waals surface area contributed by atoms with Gasteiger partial charge in [0.25, 0.3) is 0 Å². The fourth-order valence-corrected chi connectivity index (χ4v) is 3.55. The van der Waals surface area contributed by atoms with E-state index in [4.69, 9.17) is 13.9 Å². The van der Waals surface area contributed by atoms with Crippen molar-refractivity contribution >= 4 is 5.97 Å². The maximum atomic E-state index is 11.7. The predicted octanol–water partition coefficient (Wildman–Crippen LogP) is 7.05. The van der Waals surface area contributed by atoms with E-state index in [2.05, 4.69) is 32.9 Å². The average molecular weight is 413 g/mol. The second-order valence-electron chi connectivity index (χ2n) is 8.26. The van der Waals surface area contributed by atoms with Crippen LogP contribution in [0.15, 0.2) is 69.5 Å². The first-order valence-electron chi connectivity index (χ1n) is 10.9. The van der Waals surface area contributed by atoms with Gasteiger partial charge in [-0.15, -0.1) is 0 Å². The number of cyclic esters (lactones) is 1. The molecule has 1 atom stereocenters. The number of carbonyl (C=O) groups is 1. The predicted molar refractivity (Wildman–Crippen MR) is 121 cm³/mol. The number of methoxy groups -OCH3 is 1. The number of furan rings is 1. The molecule has 0 unspecified atom stereocenters. The zero-order valence-electron chi connectivity index (χ0n) is 19.1. The number of esters is 1. The molecular formula is C26H36O4. The lowest BCUT2D eigenvalue weighted by Gasteiger charge is -2.08. The number of rotatable bonds is 12. The van der Waals surface area contributed by atoms with E-state index in [0.29, 0.717) is 23.0 Å². The zero-order valence-corrected chi connectivity index (χ0v) is 19.1. The second kappa shape index (κ2) is 12.3. The maximum Gasteiger partial charge on any atom is 0.343 e. The van der Waals surface area contributed by atoms with Crippen LogP contribution in [0.1, 0.15) is 71.8 Å². The number of aryl methyl sites for hydroxylation is 1. The molecular weight excluding hydrogens is 376 g/mol.